The second-order valence-corrected chi connectivity index (χ2v) is 10.6. The average Bonchev–Trinajstić information content (AvgIpc) is 3.43. The lowest BCUT2D eigenvalue weighted by molar-refractivity contribution is 0.364. The number of nitrogens with zero attached hydrogens (tertiary/aromatic N) is 6. The molecule has 10 heteroatoms. The number of benzene rings is 2. The van der Waals surface area contributed by atoms with Gasteiger partial charge in [-0.25, -0.2) is 9.48 Å². The molecule has 0 aliphatic carbocycles. The van der Waals surface area contributed by atoms with Crippen LogP contribution >= 0.6 is 23.4 Å². The van der Waals surface area contributed by atoms with Crippen LogP contribution in [0.3, 0.4) is 0 Å². The fourth-order valence-corrected chi connectivity index (χ4v) is 4.43. The second kappa shape index (κ2) is 9.31. The van der Waals surface area contributed by atoms with Crippen LogP contribution in [0.5, 0.6) is 0 Å². The molecule has 0 N–H and O–H groups in total. The highest BCUT2D eigenvalue weighted by atomic mass is 35.5. The molecule has 5 aromatic rings. The van der Waals surface area contributed by atoms with E-state index in [-0.39, 0.29) is 17.6 Å². The molecule has 0 bridgehead atoms. The Kier molecular flexibility index (Phi) is 6.21. The van der Waals surface area contributed by atoms with Gasteiger partial charge in [-0.1, -0.05) is 85.7 Å². The number of rotatable bonds is 6. The van der Waals surface area contributed by atoms with E-state index in [1.54, 1.807) is 6.07 Å². The summed E-state index contributed by atoms with van der Waals surface area (Å²) in [7, 11) is 0. The molecule has 5 rings (SSSR count). The summed E-state index contributed by atoms with van der Waals surface area (Å²) in [4.78, 5) is 17.3. The van der Waals surface area contributed by atoms with E-state index in [0.29, 0.717) is 33.2 Å². The maximum Gasteiger partial charge on any atom is 0.367 e. The Labute approximate surface area is 210 Å². The van der Waals surface area contributed by atoms with Crippen molar-refractivity contribution in [3.63, 3.8) is 0 Å². The first-order valence-corrected chi connectivity index (χ1v) is 12.4. The number of aromatic nitrogens is 6. The van der Waals surface area contributed by atoms with Crippen molar-refractivity contribution in [1.29, 1.82) is 0 Å². The molecule has 0 amide bonds. The molecule has 0 atom stereocenters. The largest absolute Gasteiger partial charge is 0.367 e. The van der Waals surface area contributed by atoms with E-state index in [9.17, 15) is 4.79 Å². The van der Waals surface area contributed by atoms with Crippen LogP contribution in [-0.4, -0.2) is 29.5 Å². The van der Waals surface area contributed by atoms with E-state index < -0.39 is 0 Å². The van der Waals surface area contributed by atoms with Gasteiger partial charge in [0.2, 0.25) is 11.7 Å². The molecule has 3 heterocycles. The Morgan fingerprint density at radius 1 is 0.971 bits per heavy atom. The van der Waals surface area contributed by atoms with Gasteiger partial charge >= 0.3 is 5.69 Å². The van der Waals surface area contributed by atoms with Crippen molar-refractivity contribution in [3.05, 3.63) is 93.2 Å². The monoisotopic (exact) mass is 506 g/mol. The molecular formula is C25H23ClN6O2S. The predicted molar refractivity (Wildman–Crippen MR) is 136 cm³/mol. The standard InChI is InChI=1S/C25H23ClN6O2S/c1-25(2,3)18-8-6-17(7-9-18)23-27-21(34-30-23)14-31-24(33)32-20(28-31)12-13-22(29-32)35-15-16-4-10-19(26)11-5-16/h4-13H,14-15H2,1-3H3. The Hall–Kier alpha value is -3.43. The zero-order chi connectivity index (χ0) is 24.6. The van der Waals surface area contributed by atoms with Crippen molar-refractivity contribution in [2.75, 3.05) is 0 Å². The zero-order valence-corrected chi connectivity index (χ0v) is 21.0. The van der Waals surface area contributed by atoms with Crippen LogP contribution in [0.2, 0.25) is 5.02 Å². The predicted octanol–water partition coefficient (Wildman–Crippen LogP) is 5.23. The quantitative estimate of drug-likeness (QED) is 0.291. The van der Waals surface area contributed by atoms with Crippen LogP contribution in [0.4, 0.5) is 0 Å². The summed E-state index contributed by atoms with van der Waals surface area (Å²) in [5.41, 5.74) is 3.32. The molecule has 0 spiro atoms. The Balaban J connectivity index is 1.31. The summed E-state index contributed by atoms with van der Waals surface area (Å²) >= 11 is 7.47. The zero-order valence-electron chi connectivity index (χ0n) is 19.5. The van der Waals surface area contributed by atoms with E-state index in [1.165, 1.54) is 26.5 Å². The SMILES string of the molecule is CC(C)(C)c1ccc(-c2noc(Cn3nc4ccc(SCc5ccc(Cl)cc5)nn4c3=O)n2)cc1. The molecule has 3 aromatic heterocycles. The van der Waals surface area contributed by atoms with Crippen molar-refractivity contribution in [1.82, 2.24) is 29.5 Å². The first-order valence-electron chi connectivity index (χ1n) is 11.0. The molecule has 178 valence electrons. The van der Waals surface area contributed by atoms with Gasteiger partial charge < -0.3 is 4.52 Å². The minimum absolute atomic E-state index is 0.0581. The molecule has 0 unspecified atom stereocenters. The minimum atomic E-state index is -0.372. The molecule has 8 nitrogen and oxygen atoms in total. The van der Waals surface area contributed by atoms with E-state index in [2.05, 4.69) is 53.2 Å². The fourth-order valence-electron chi connectivity index (χ4n) is 3.49. The Morgan fingerprint density at radius 3 is 2.43 bits per heavy atom. The molecule has 0 radical (unpaired) electrons. The average molecular weight is 507 g/mol. The number of thioether (sulfide) groups is 1. The number of fused-ring (bicyclic) bond motifs is 1. The van der Waals surface area contributed by atoms with Crippen molar-refractivity contribution in [3.8, 4) is 11.4 Å². The highest BCUT2D eigenvalue weighted by molar-refractivity contribution is 7.98. The third kappa shape index (κ3) is 5.16. The lowest BCUT2D eigenvalue weighted by atomic mass is 9.87. The van der Waals surface area contributed by atoms with E-state index in [4.69, 9.17) is 16.1 Å². The Morgan fingerprint density at radius 2 is 1.71 bits per heavy atom. The lowest BCUT2D eigenvalue weighted by Gasteiger charge is -2.18. The summed E-state index contributed by atoms with van der Waals surface area (Å²) in [6.07, 6.45) is 0. The number of hydrogen-bond acceptors (Lipinski definition) is 7. The lowest BCUT2D eigenvalue weighted by Crippen LogP contribution is -2.23. The van der Waals surface area contributed by atoms with Crippen molar-refractivity contribution in [2.24, 2.45) is 0 Å². The van der Waals surface area contributed by atoms with Gasteiger partial charge in [-0.3, -0.25) is 0 Å². The summed E-state index contributed by atoms with van der Waals surface area (Å²) in [6.45, 7) is 6.55. The van der Waals surface area contributed by atoms with Crippen LogP contribution in [-0.2, 0) is 17.7 Å². The van der Waals surface area contributed by atoms with Crippen molar-refractivity contribution in [2.45, 2.75) is 43.5 Å². The third-order valence-electron chi connectivity index (χ3n) is 5.48. The topological polar surface area (TPSA) is 91.1 Å². The summed E-state index contributed by atoms with van der Waals surface area (Å²) in [5.74, 6) is 1.47. The van der Waals surface area contributed by atoms with Crippen LogP contribution in [0.25, 0.3) is 17.0 Å². The first-order chi connectivity index (χ1) is 16.8. The maximum atomic E-state index is 12.9. The normalized spacial score (nSPS) is 11.9. The second-order valence-electron chi connectivity index (χ2n) is 9.14. The highest BCUT2D eigenvalue weighted by Gasteiger charge is 2.16. The van der Waals surface area contributed by atoms with Crippen LogP contribution in [0, 0.1) is 0 Å². The van der Waals surface area contributed by atoms with Gasteiger partial charge in [0.1, 0.15) is 11.6 Å². The van der Waals surface area contributed by atoms with Crippen LogP contribution in [0.15, 0.2) is 75.0 Å². The molecule has 0 saturated carbocycles. The van der Waals surface area contributed by atoms with Gasteiger partial charge in [-0.15, -0.1) is 5.10 Å². The van der Waals surface area contributed by atoms with Gasteiger partial charge in [-0.05, 0) is 40.8 Å². The summed E-state index contributed by atoms with van der Waals surface area (Å²) in [5, 5.41) is 14.3. The highest BCUT2D eigenvalue weighted by Crippen LogP contribution is 2.25. The third-order valence-corrected chi connectivity index (χ3v) is 6.72. The van der Waals surface area contributed by atoms with Gasteiger partial charge in [0, 0.05) is 16.3 Å². The molecule has 2 aromatic carbocycles. The van der Waals surface area contributed by atoms with E-state index in [1.807, 2.05) is 42.5 Å². The molecule has 0 aliphatic rings. The van der Waals surface area contributed by atoms with Gasteiger partial charge in [0.05, 0.1) is 0 Å². The van der Waals surface area contributed by atoms with Crippen molar-refractivity contribution >= 4 is 29.0 Å². The summed E-state index contributed by atoms with van der Waals surface area (Å²) < 4.78 is 7.95. The fraction of sp³-hybridized carbons (Fsp3) is 0.240. The maximum absolute atomic E-state index is 12.9. The molecule has 35 heavy (non-hydrogen) atoms. The Bertz CT molecular complexity index is 1530. The molecular weight excluding hydrogens is 484 g/mol. The van der Waals surface area contributed by atoms with Gasteiger partial charge in [-0.2, -0.15) is 14.6 Å². The first kappa shape index (κ1) is 23.3. The number of hydrogen-bond donors (Lipinski definition) is 0. The van der Waals surface area contributed by atoms with Gasteiger partial charge in [0.15, 0.2) is 5.65 Å². The molecule has 0 saturated heterocycles. The minimum Gasteiger partial charge on any atom is -0.337 e. The molecule has 0 aliphatic heterocycles. The van der Waals surface area contributed by atoms with Crippen LogP contribution in [0.1, 0.15) is 37.8 Å². The molecule has 0 fully saturated rings. The van der Waals surface area contributed by atoms with Gasteiger partial charge in [0.25, 0.3) is 0 Å². The van der Waals surface area contributed by atoms with Crippen molar-refractivity contribution < 1.29 is 4.52 Å². The number of halogens is 1. The summed E-state index contributed by atoms with van der Waals surface area (Å²) in [6, 6.07) is 19.3. The smallest absolute Gasteiger partial charge is 0.337 e. The van der Waals surface area contributed by atoms with Crippen LogP contribution < -0.4 is 5.69 Å². The van der Waals surface area contributed by atoms with E-state index in [0.717, 1.165) is 11.1 Å². The van der Waals surface area contributed by atoms with E-state index >= 15 is 0 Å².